The first kappa shape index (κ1) is 15.1. The molecular formula is C20H19FN2O. The van der Waals surface area contributed by atoms with Gasteiger partial charge in [-0.3, -0.25) is 4.98 Å². The van der Waals surface area contributed by atoms with Gasteiger partial charge in [0.1, 0.15) is 11.9 Å². The van der Waals surface area contributed by atoms with Gasteiger partial charge in [0.05, 0.1) is 17.8 Å². The normalized spacial score (nSPS) is 18.1. The summed E-state index contributed by atoms with van der Waals surface area (Å²) in [6.45, 7) is 4.34. The second-order valence-corrected chi connectivity index (χ2v) is 6.16. The molecule has 1 aliphatic heterocycles. The Morgan fingerprint density at radius 3 is 2.75 bits per heavy atom. The summed E-state index contributed by atoms with van der Waals surface area (Å²) in [4.78, 5) is 6.88. The number of fused-ring (bicyclic) bond motifs is 1. The number of anilines is 1. The Balaban J connectivity index is 1.69. The van der Waals surface area contributed by atoms with Crippen LogP contribution in [0.5, 0.6) is 0 Å². The van der Waals surface area contributed by atoms with Crippen molar-refractivity contribution in [3.8, 4) is 0 Å². The van der Waals surface area contributed by atoms with Crippen molar-refractivity contribution in [3.63, 3.8) is 0 Å². The maximum absolute atomic E-state index is 13.2. The van der Waals surface area contributed by atoms with E-state index in [2.05, 4.69) is 22.9 Å². The van der Waals surface area contributed by atoms with Gasteiger partial charge in [-0.1, -0.05) is 30.3 Å². The molecule has 122 valence electrons. The molecule has 1 fully saturated rings. The highest BCUT2D eigenvalue weighted by molar-refractivity contribution is 5.93. The molecule has 0 aliphatic carbocycles. The molecule has 3 aromatic rings. The van der Waals surface area contributed by atoms with Gasteiger partial charge < -0.3 is 9.64 Å². The van der Waals surface area contributed by atoms with Crippen LogP contribution in [0.2, 0.25) is 0 Å². The van der Waals surface area contributed by atoms with E-state index < -0.39 is 0 Å². The molecule has 0 radical (unpaired) electrons. The molecule has 0 spiro atoms. The summed E-state index contributed by atoms with van der Waals surface area (Å²) in [6, 6.07) is 14.8. The summed E-state index contributed by atoms with van der Waals surface area (Å²) in [5, 5.41) is 1.16. The third-order valence-electron chi connectivity index (χ3n) is 4.55. The molecule has 0 amide bonds. The number of para-hydroxylation sites is 1. The van der Waals surface area contributed by atoms with Crippen molar-refractivity contribution in [2.45, 2.75) is 13.0 Å². The highest BCUT2D eigenvalue weighted by Gasteiger charge is 2.24. The Kier molecular flexibility index (Phi) is 3.90. The molecule has 0 N–H and O–H groups in total. The van der Waals surface area contributed by atoms with Crippen LogP contribution in [0.25, 0.3) is 10.9 Å². The van der Waals surface area contributed by atoms with Gasteiger partial charge in [0.25, 0.3) is 0 Å². The molecule has 1 saturated heterocycles. The lowest BCUT2D eigenvalue weighted by atomic mass is 10.0. The molecule has 4 heteroatoms. The lowest BCUT2D eigenvalue weighted by Crippen LogP contribution is -2.38. The molecule has 2 aromatic carbocycles. The zero-order chi connectivity index (χ0) is 16.5. The van der Waals surface area contributed by atoms with Crippen molar-refractivity contribution in [2.75, 3.05) is 24.6 Å². The fourth-order valence-corrected chi connectivity index (χ4v) is 3.38. The number of ether oxygens (including phenoxy) is 1. The Morgan fingerprint density at radius 1 is 1.12 bits per heavy atom. The quantitative estimate of drug-likeness (QED) is 0.705. The van der Waals surface area contributed by atoms with Gasteiger partial charge in [-0.2, -0.15) is 0 Å². The number of aryl methyl sites for hydroxylation is 1. The summed E-state index contributed by atoms with van der Waals surface area (Å²) < 4.78 is 19.1. The van der Waals surface area contributed by atoms with E-state index >= 15 is 0 Å². The van der Waals surface area contributed by atoms with E-state index in [1.807, 2.05) is 24.4 Å². The first-order valence-electron chi connectivity index (χ1n) is 8.19. The summed E-state index contributed by atoms with van der Waals surface area (Å²) in [6.07, 6.45) is 1.88. The minimum Gasteiger partial charge on any atom is -0.370 e. The van der Waals surface area contributed by atoms with E-state index in [4.69, 9.17) is 4.74 Å². The van der Waals surface area contributed by atoms with Gasteiger partial charge >= 0.3 is 0 Å². The van der Waals surface area contributed by atoms with Crippen LogP contribution in [0.4, 0.5) is 10.1 Å². The smallest absolute Gasteiger partial charge is 0.123 e. The summed E-state index contributed by atoms with van der Waals surface area (Å²) in [7, 11) is 0. The van der Waals surface area contributed by atoms with E-state index in [1.165, 1.54) is 17.8 Å². The predicted octanol–water partition coefficient (Wildman–Crippen LogP) is 4.26. The second kappa shape index (κ2) is 6.21. The molecule has 0 bridgehead atoms. The topological polar surface area (TPSA) is 25.4 Å². The van der Waals surface area contributed by atoms with Gasteiger partial charge in [0, 0.05) is 24.7 Å². The fourth-order valence-electron chi connectivity index (χ4n) is 3.38. The number of pyridine rings is 1. The first-order valence-corrected chi connectivity index (χ1v) is 8.19. The molecular weight excluding hydrogens is 303 g/mol. The zero-order valence-corrected chi connectivity index (χ0v) is 13.6. The number of rotatable bonds is 2. The van der Waals surface area contributed by atoms with Gasteiger partial charge in [-0.15, -0.1) is 0 Å². The van der Waals surface area contributed by atoms with Crippen molar-refractivity contribution < 1.29 is 9.13 Å². The minimum atomic E-state index is -0.220. The minimum absolute atomic E-state index is 0.0503. The van der Waals surface area contributed by atoms with Gasteiger partial charge in [-0.05, 0) is 36.2 Å². The number of hydrogen-bond acceptors (Lipinski definition) is 3. The van der Waals surface area contributed by atoms with Crippen LogP contribution in [0.15, 0.2) is 54.7 Å². The lowest BCUT2D eigenvalue weighted by Gasteiger charge is -2.36. The van der Waals surface area contributed by atoms with Crippen molar-refractivity contribution in [2.24, 2.45) is 0 Å². The number of benzene rings is 2. The molecule has 4 rings (SSSR count). The van der Waals surface area contributed by atoms with E-state index in [1.54, 1.807) is 12.1 Å². The monoisotopic (exact) mass is 322 g/mol. The van der Waals surface area contributed by atoms with Crippen molar-refractivity contribution >= 4 is 16.6 Å². The van der Waals surface area contributed by atoms with Crippen LogP contribution in [0.3, 0.4) is 0 Å². The average Bonchev–Trinajstić information content (AvgIpc) is 2.62. The van der Waals surface area contributed by atoms with Crippen LogP contribution < -0.4 is 4.90 Å². The Labute approximate surface area is 140 Å². The Hall–Kier alpha value is -2.46. The maximum Gasteiger partial charge on any atom is 0.123 e. The molecule has 3 nitrogen and oxygen atoms in total. The van der Waals surface area contributed by atoms with Crippen molar-refractivity contribution in [3.05, 3.63) is 71.7 Å². The van der Waals surface area contributed by atoms with E-state index in [9.17, 15) is 4.39 Å². The SMILES string of the molecule is Cc1cnc2ccccc2c1N1CCOC(c2ccc(F)cc2)C1. The van der Waals surface area contributed by atoms with Gasteiger partial charge in [0.2, 0.25) is 0 Å². The lowest BCUT2D eigenvalue weighted by molar-refractivity contribution is 0.0398. The van der Waals surface area contributed by atoms with Crippen LogP contribution in [0, 0.1) is 12.7 Å². The van der Waals surface area contributed by atoms with E-state index in [0.29, 0.717) is 6.61 Å². The number of morpholine rings is 1. The Morgan fingerprint density at radius 2 is 1.92 bits per heavy atom. The standard InChI is InChI=1S/C20H19FN2O/c1-14-12-22-18-5-3-2-4-17(18)20(14)23-10-11-24-19(13-23)15-6-8-16(21)9-7-15/h2-9,12,19H,10-11,13H2,1H3. The van der Waals surface area contributed by atoms with E-state index in [0.717, 1.165) is 35.1 Å². The first-order chi connectivity index (χ1) is 11.7. The van der Waals surface area contributed by atoms with Crippen LogP contribution in [-0.2, 0) is 4.74 Å². The van der Waals surface area contributed by atoms with E-state index in [-0.39, 0.29) is 11.9 Å². The third-order valence-corrected chi connectivity index (χ3v) is 4.55. The maximum atomic E-state index is 13.2. The molecule has 2 heterocycles. The summed E-state index contributed by atoms with van der Waals surface area (Å²) in [5.41, 5.74) is 4.39. The Bertz CT molecular complexity index is 863. The van der Waals surface area contributed by atoms with Crippen LogP contribution in [-0.4, -0.2) is 24.7 Å². The van der Waals surface area contributed by atoms with Gasteiger partial charge in [-0.25, -0.2) is 4.39 Å². The number of halogens is 1. The molecule has 1 unspecified atom stereocenters. The predicted molar refractivity (Wildman–Crippen MR) is 93.8 cm³/mol. The third kappa shape index (κ3) is 2.74. The highest BCUT2D eigenvalue weighted by atomic mass is 19.1. The zero-order valence-electron chi connectivity index (χ0n) is 13.6. The average molecular weight is 322 g/mol. The molecule has 0 saturated carbocycles. The number of nitrogens with zero attached hydrogens (tertiary/aromatic N) is 2. The molecule has 1 atom stereocenters. The fraction of sp³-hybridized carbons (Fsp3) is 0.250. The number of aromatic nitrogens is 1. The van der Waals surface area contributed by atoms with Crippen LogP contribution in [0.1, 0.15) is 17.2 Å². The molecule has 24 heavy (non-hydrogen) atoms. The second-order valence-electron chi connectivity index (χ2n) is 6.16. The largest absolute Gasteiger partial charge is 0.370 e. The summed E-state index contributed by atoms with van der Waals surface area (Å²) in [5.74, 6) is -0.220. The van der Waals surface area contributed by atoms with Crippen LogP contribution >= 0.6 is 0 Å². The van der Waals surface area contributed by atoms with Crippen molar-refractivity contribution in [1.82, 2.24) is 4.98 Å². The molecule has 1 aliphatic rings. The van der Waals surface area contributed by atoms with Crippen molar-refractivity contribution in [1.29, 1.82) is 0 Å². The highest BCUT2D eigenvalue weighted by Crippen LogP contribution is 2.33. The molecule has 1 aromatic heterocycles. The summed E-state index contributed by atoms with van der Waals surface area (Å²) >= 11 is 0. The number of hydrogen-bond donors (Lipinski definition) is 0. The van der Waals surface area contributed by atoms with Gasteiger partial charge in [0.15, 0.2) is 0 Å².